The zero-order valence-electron chi connectivity index (χ0n) is 9.92. The Kier molecular flexibility index (Phi) is 4.62. The molecule has 1 aromatic heterocycles. The largest absolute Gasteiger partial charge is 0.258 e. The molecule has 0 spiro atoms. The van der Waals surface area contributed by atoms with E-state index in [1.165, 1.54) is 24.8 Å². The zero-order chi connectivity index (χ0) is 12.3. The van der Waals surface area contributed by atoms with Crippen LogP contribution in [0.2, 0.25) is 10.2 Å². The van der Waals surface area contributed by atoms with Crippen LogP contribution in [0.25, 0.3) is 0 Å². The number of hydrogen-bond donors (Lipinski definition) is 1. The van der Waals surface area contributed by atoms with Gasteiger partial charge in [0.15, 0.2) is 0 Å². The van der Waals surface area contributed by atoms with Crippen LogP contribution in [0.4, 0.5) is 0 Å². The number of nitrogens with zero attached hydrogens (tertiary/aromatic N) is 2. The molecule has 0 aliphatic carbocycles. The van der Waals surface area contributed by atoms with Crippen molar-refractivity contribution in [2.75, 3.05) is 20.1 Å². The summed E-state index contributed by atoms with van der Waals surface area (Å²) in [5, 5.41) is 3.18. The third-order valence-corrected chi connectivity index (χ3v) is 3.96. The van der Waals surface area contributed by atoms with Gasteiger partial charge in [0.1, 0.15) is 5.15 Å². The smallest absolute Gasteiger partial charge is 0.147 e. The molecule has 1 saturated heterocycles. The first kappa shape index (κ1) is 13.1. The van der Waals surface area contributed by atoms with Gasteiger partial charge in [-0.15, -0.1) is 0 Å². The molecule has 1 aliphatic rings. The fourth-order valence-corrected chi connectivity index (χ4v) is 2.55. The van der Waals surface area contributed by atoms with Crippen molar-refractivity contribution in [3.63, 3.8) is 0 Å². The quantitative estimate of drug-likeness (QED) is 0.840. The first-order valence-electron chi connectivity index (χ1n) is 5.94. The van der Waals surface area contributed by atoms with Gasteiger partial charge in [0.05, 0.1) is 5.02 Å². The average Bonchev–Trinajstić information content (AvgIpc) is 2.58. The summed E-state index contributed by atoms with van der Waals surface area (Å²) in [5.41, 5.74) is 4.41. The second-order valence-electron chi connectivity index (χ2n) is 4.40. The van der Waals surface area contributed by atoms with Gasteiger partial charge in [0.2, 0.25) is 0 Å². The number of hydrogen-bond acceptors (Lipinski definition) is 3. The average molecular weight is 274 g/mol. The molecule has 5 heteroatoms. The van der Waals surface area contributed by atoms with Crippen LogP contribution in [0.3, 0.4) is 0 Å². The van der Waals surface area contributed by atoms with Gasteiger partial charge in [-0.1, -0.05) is 29.6 Å². The summed E-state index contributed by atoms with van der Waals surface area (Å²) < 4.78 is 0. The predicted molar refractivity (Wildman–Crippen MR) is 71.5 cm³/mol. The van der Waals surface area contributed by atoms with Crippen LogP contribution in [0.5, 0.6) is 0 Å². The van der Waals surface area contributed by atoms with Gasteiger partial charge in [-0.25, -0.2) is 9.99 Å². The van der Waals surface area contributed by atoms with Gasteiger partial charge >= 0.3 is 0 Å². The number of halogens is 2. The van der Waals surface area contributed by atoms with Crippen molar-refractivity contribution in [1.29, 1.82) is 0 Å². The van der Waals surface area contributed by atoms with Gasteiger partial charge < -0.3 is 0 Å². The van der Waals surface area contributed by atoms with Crippen molar-refractivity contribution in [2.24, 2.45) is 0 Å². The first-order valence-corrected chi connectivity index (χ1v) is 6.69. The lowest BCUT2D eigenvalue weighted by Crippen LogP contribution is -2.37. The van der Waals surface area contributed by atoms with E-state index in [9.17, 15) is 0 Å². The maximum Gasteiger partial charge on any atom is 0.147 e. The molecule has 1 atom stereocenters. The predicted octanol–water partition coefficient (Wildman–Crippen LogP) is 3.09. The van der Waals surface area contributed by atoms with Gasteiger partial charge in [0.25, 0.3) is 0 Å². The van der Waals surface area contributed by atoms with E-state index < -0.39 is 0 Å². The van der Waals surface area contributed by atoms with Crippen LogP contribution in [0.1, 0.15) is 30.7 Å². The van der Waals surface area contributed by atoms with E-state index in [2.05, 4.69) is 15.4 Å². The lowest BCUT2D eigenvalue weighted by atomic mass is 9.96. The van der Waals surface area contributed by atoms with E-state index in [0.717, 1.165) is 13.1 Å². The molecule has 17 heavy (non-hydrogen) atoms. The molecule has 0 saturated carbocycles. The van der Waals surface area contributed by atoms with Crippen molar-refractivity contribution in [2.45, 2.75) is 25.2 Å². The summed E-state index contributed by atoms with van der Waals surface area (Å²) in [5.74, 6) is 0.479. The Morgan fingerprint density at radius 2 is 2.24 bits per heavy atom. The molecule has 3 nitrogen and oxygen atoms in total. The fourth-order valence-electron chi connectivity index (χ4n) is 2.28. The number of aromatic nitrogens is 1. The van der Waals surface area contributed by atoms with E-state index in [4.69, 9.17) is 23.2 Å². The highest BCUT2D eigenvalue weighted by Gasteiger charge is 2.19. The summed E-state index contributed by atoms with van der Waals surface area (Å²) in [6, 6.07) is 1.95. The zero-order valence-corrected chi connectivity index (χ0v) is 11.4. The number of nitrogens with one attached hydrogen (secondary N) is 1. The SMILES string of the molecule is CNN1CCCC[C@H](c2cnc(Cl)c(Cl)c2)C1. The summed E-state index contributed by atoms with van der Waals surface area (Å²) in [4.78, 5) is 4.13. The third-order valence-electron chi connectivity index (χ3n) is 3.28. The van der Waals surface area contributed by atoms with Crippen molar-refractivity contribution in [3.8, 4) is 0 Å². The number of pyridine rings is 1. The minimum atomic E-state index is 0.384. The summed E-state index contributed by atoms with van der Waals surface area (Å²) >= 11 is 11.9. The molecule has 2 heterocycles. The molecule has 0 aromatic carbocycles. The Labute approximate surface area is 112 Å². The molecule has 0 bridgehead atoms. The summed E-state index contributed by atoms with van der Waals surface area (Å²) in [7, 11) is 1.97. The lowest BCUT2D eigenvalue weighted by molar-refractivity contribution is 0.207. The van der Waals surface area contributed by atoms with E-state index in [1.807, 2.05) is 19.3 Å². The Morgan fingerprint density at radius 3 is 2.94 bits per heavy atom. The molecule has 1 fully saturated rings. The minimum absolute atomic E-state index is 0.384. The number of rotatable bonds is 2. The highest BCUT2D eigenvalue weighted by Crippen LogP contribution is 2.29. The second kappa shape index (κ2) is 6.01. The third kappa shape index (κ3) is 3.32. The molecule has 1 aliphatic heterocycles. The van der Waals surface area contributed by atoms with Gasteiger partial charge in [0, 0.05) is 19.3 Å². The minimum Gasteiger partial charge on any atom is -0.258 e. The van der Waals surface area contributed by atoms with Crippen LogP contribution in [-0.4, -0.2) is 30.1 Å². The Morgan fingerprint density at radius 1 is 1.41 bits per heavy atom. The molecule has 1 N–H and O–H groups in total. The molecule has 1 aromatic rings. The van der Waals surface area contributed by atoms with E-state index in [0.29, 0.717) is 16.1 Å². The molecule has 0 radical (unpaired) electrons. The monoisotopic (exact) mass is 273 g/mol. The molecular weight excluding hydrogens is 257 g/mol. The van der Waals surface area contributed by atoms with E-state index >= 15 is 0 Å². The van der Waals surface area contributed by atoms with Crippen LogP contribution in [0, 0.1) is 0 Å². The van der Waals surface area contributed by atoms with Crippen molar-refractivity contribution in [1.82, 2.24) is 15.4 Å². The van der Waals surface area contributed by atoms with Crippen LogP contribution < -0.4 is 5.43 Å². The molecular formula is C12H17Cl2N3. The highest BCUT2D eigenvalue weighted by atomic mass is 35.5. The highest BCUT2D eigenvalue weighted by molar-refractivity contribution is 6.41. The standard InChI is InChI=1S/C12H17Cl2N3/c1-15-17-5-3-2-4-9(8-17)10-6-11(13)12(14)16-7-10/h6-7,9,15H,2-5,8H2,1H3/t9-/m0/s1. The van der Waals surface area contributed by atoms with Crippen LogP contribution in [0.15, 0.2) is 12.3 Å². The van der Waals surface area contributed by atoms with Gasteiger partial charge in [-0.3, -0.25) is 5.43 Å². The van der Waals surface area contributed by atoms with Crippen molar-refractivity contribution >= 4 is 23.2 Å². The van der Waals surface area contributed by atoms with Gasteiger partial charge in [-0.2, -0.15) is 0 Å². The summed E-state index contributed by atoms with van der Waals surface area (Å²) in [6.07, 6.45) is 5.49. The summed E-state index contributed by atoms with van der Waals surface area (Å²) in [6.45, 7) is 2.10. The first-order chi connectivity index (χ1) is 8.20. The molecule has 0 unspecified atom stereocenters. The number of hydrazine groups is 1. The van der Waals surface area contributed by atoms with Crippen LogP contribution in [-0.2, 0) is 0 Å². The molecule has 94 valence electrons. The molecule has 0 amide bonds. The maximum absolute atomic E-state index is 6.02. The lowest BCUT2D eigenvalue weighted by Gasteiger charge is -2.23. The molecule has 2 rings (SSSR count). The Balaban J connectivity index is 2.16. The second-order valence-corrected chi connectivity index (χ2v) is 5.17. The van der Waals surface area contributed by atoms with Gasteiger partial charge in [-0.05, 0) is 37.4 Å². The topological polar surface area (TPSA) is 28.2 Å². The van der Waals surface area contributed by atoms with E-state index in [-0.39, 0.29) is 0 Å². The fraction of sp³-hybridized carbons (Fsp3) is 0.583. The van der Waals surface area contributed by atoms with Crippen molar-refractivity contribution < 1.29 is 0 Å². The van der Waals surface area contributed by atoms with Crippen LogP contribution >= 0.6 is 23.2 Å². The normalized spacial score (nSPS) is 22.4. The Bertz CT molecular complexity index is 384. The van der Waals surface area contributed by atoms with Crippen molar-refractivity contribution in [3.05, 3.63) is 28.0 Å². The Hall–Kier alpha value is -0.350. The van der Waals surface area contributed by atoms with E-state index in [1.54, 1.807) is 0 Å². The maximum atomic E-state index is 6.02.